The molecule has 362 valence electrons. The number of piperidine rings is 3. The highest BCUT2D eigenvalue weighted by Gasteiger charge is 2.41. The number of nitrogens with one attached hydrogen (secondary N) is 1. The van der Waals surface area contributed by atoms with Gasteiger partial charge in [0.15, 0.2) is 0 Å². The van der Waals surface area contributed by atoms with E-state index in [1.54, 1.807) is 48.5 Å². The lowest BCUT2D eigenvalue weighted by Gasteiger charge is -2.40. The van der Waals surface area contributed by atoms with Crippen LogP contribution in [0.3, 0.4) is 0 Å². The molecule has 0 spiro atoms. The number of benzene rings is 2. The van der Waals surface area contributed by atoms with E-state index in [0.29, 0.717) is 55.6 Å². The molecule has 16 heteroatoms. The molecule has 3 aliphatic rings. The second-order valence-corrected chi connectivity index (χ2v) is 19.9. The van der Waals surface area contributed by atoms with Crippen LogP contribution in [0.4, 0.5) is 9.59 Å². The van der Waals surface area contributed by atoms with E-state index >= 15 is 0 Å². The number of aromatic nitrogens is 1. The monoisotopic (exact) mass is 943 g/mol. The lowest BCUT2D eigenvalue weighted by atomic mass is 9.99. The van der Waals surface area contributed by atoms with Crippen LogP contribution in [-0.2, 0) is 35.5 Å². The molecular weight excluding hydrogens is 868 g/mol. The van der Waals surface area contributed by atoms with Crippen LogP contribution in [0.1, 0.15) is 94.7 Å². The minimum absolute atomic E-state index is 0.0291. The molecule has 3 fully saturated rings. The van der Waals surface area contributed by atoms with Crippen LogP contribution in [0, 0.1) is 6.92 Å². The fourth-order valence-electron chi connectivity index (χ4n) is 8.37. The van der Waals surface area contributed by atoms with Gasteiger partial charge in [-0.1, -0.05) is 68.1 Å². The molecule has 6 rings (SSSR count). The van der Waals surface area contributed by atoms with Gasteiger partial charge in [-0.2, -0.15) is 4.31 Å². The highest BCUT2D eigenvalue weighted by Crippen LogP contribution is 2.31. The summed E-state index contributed by atoms with van der Waals surface area (Å²) in [4.78, 5) is 34.8. The third-order valence-corrected chi connectivity index (χ3v) is 14.6. The predicted molar refractivity (Wildman–Crippen MR) is 257 cm³/mol. The molecule has 0 bridgehead atoms. The number of hydrogen-bond donors (Lipinski definition) is 1. The van der Waals surface area contributed by atoms with Crippen molar-refractivity contribution < 1.29 is 37.0 Å². The van der Waals surface area contributed by atoms with Crippen molar-refractivity contribution in [3.8, 4) is 0 Å². The number of carbonyl (C=O) groups is 2. The van der Waals surface area contributed by atoms with Crippen molar-refractivity contribution in [2.75, 3.05) is 74.4 Å². The minimum atomic E-state index is -3.84. The molecule has 3 aliphatic heterocycles. The number of halogens is 1. The predicted octanol–water partition coefficient (Wildman–Crippen LogP) is 8.38. The third kappa shape index (κ3) is 17.4. The molecule has 0 aliphatic carbocycles. The van der Waals surface area contributed by atoms with Crippen molar-refractivity contribution in [1.29, 1.82) is 0 Å². The van der Waals surface area contributed by atoms with Gasteiger partial charge >= 0.3 is 12.2 Å². The highest BCUT2D eigenvalue weighted by atomic mass is 35.5. The molecule has 4 unspecified atom stereocenters. The number of pyridine rings is 1. The Balaban J connectivity index is 0.000000246. The van der Waals surface area contributed by atoms with Crippen LogP contribution in [0.5, 0.6) is 0 Å². The molecule has 2 aromatic carbocycles. The van der Waals surface area contributed by atoms with Crippen LogP contribution in [0.25, 0.3) is 0 Å². The number of ether oxygens (including phenoxy) is 4. The molecule has 14 nitrogen and oxygen atoms in total. The number of aryl methyl sites for hydroxylation is 1. The number of likely N-dealkylation sites (tertiary alicyclic amines) is 1. The number of sulfonamides is 1. The SMILES string of the molecule is CCN(Cc1ccncc1)C(=O)OCC1CCCC(COC)N1S(=O)(=O)c1ccc(Cl)cc1.COCC1CCCC(COC(=O)N(C)C2CCN(C)CC2)N1.Cc1ccc(C(C)C)cc1. The van der Waals surface area contributed by atoms with Gasteiger partial charge in [-0.15, -0.1) is 0 Å². The maximum atomic E-state index is 13.5. The van der Waals surface area contributed by atoms with Crippen molar-refractivity contribution in [2.24, 2.45) is 0 Å². The van der Waals surface area contributed by atoms with Gasteiger partial charge in [0.25, 0.3) is 0 Å². The van der Waals surface area contributed by atoms with Crippen molar-refractivity contribution in [1.82, 2.24) is 29.3 Å². The summed E-state index contributed by atoms with van der Waals surface area (Å²) in [5.74, 6) is 0.653. The quantitative estimate of drug-likeness (QED) is 0.157. The highest BCUT2D eigenvalue weighted by molar-refractivity contribution is 7.89. The van der Waals surface area contributed by atoms with E-state index in [1.165, 1.54) is 27.6 Å². The summed E-state index contributed by atoms with van der Waals surface area (Å²) in [6, 6.07) is 18.6. The number of hydrogen-bond acceptors (Lipinski definition) is 11. The summed E-state index contributed by atoms with van der Waals surface area (Å²) in [5, 5.41) is 3.97. The van der Waals surface area contributed by atoms with Crippen LogP contribution in [0.15, 0.2) is 78.0 Å². The Labute approximate surface area is 394 Å². The first kappa shape index (κ1) is 53.8. The Hall–Kier alpha value is -3.83. The fourth-order valence-corrected chi connectivity index (χ4v) is 10.3. The van der Waals surface area contributed by atoms with E-state index in [1.807, 2.05) is 26.1 Å². The van der Waals surface area contributed by atoms with Crippen molar-refractivity contribution in [2.45, 2.75) is 127 Å². The third-order valence-electron chi connectivity index (χ3n) is 12.3. The number of carbonyl (C=O) groups excluding carboxylic acids is 2. The molecule has 3 saturated heterocycles. The van der Waals surface area contributed by atoms with Gasteiger partial charge < -0.3 is 39.0 Å². The number of nitrogens with zero attached hydrogens (tertiary/aromatic N) is 5. The molecule has 1 aromatic heterocycles. The van der Waals surface area contributed by atoms with E-state index in [9.17, 15) is 18.0 Å². The summed E-state index contributed by atoms with van der Waals surface area (Å²) < 4.78 is 50.2. The molecular formula is C49H75ClN6O8S. The van der Waals surface area contributed by atoms with Crippen LogP contribution in [-0.4, -0.2) is 149 Å². The summed E-state index contributed by atoms with van der Waals surface area (Å²) in [6.07, 6.45) is 10.2. The average Bonchev–Trinajstić information content (AvgIpc) is 3.30. The van der Waals surface area contributed by atoms with Crippen LogP contribution < -0.4 is 5.32 Å². The Kier molecular flexibility index (Phi) is 22.9. The Morgan fingerprint density at radius 3 is 1.95 bits per heavy atom. The van der Waals surface area contributed by atoms with Gasteiger partial charge in [0.1, 0.15) is 13.2 Å². The van der Waals surface area contributed by atoms with Crippen LogP contribution in [0.2, 0.25) is 5.02 Å². The molecule has 0 saturated carbocycles. The molecule has 0 radical (unpaired) electrons. The van der Waals surface area contributed by atoms with Gasteiger partial charge in [0.05, 0.1) is 24.2 Å². The molecule has 3 aromatic rings. The second-order valence-electron chi connectivity index (χ2n) is 17.7. The van der Waals surface area contributed by atoms with E-state index in [-0.39, 0.29) is 36.3 Å². The summed E-state index contributed by atoms with van der Waals surface area (Å²) in [6.45, 7) is 12.8. The number of amides is 2. The second kappa shape index (κ2) is 27.7. The van der Waals surface area contributed by atoms with E-state index < -0.39 is 22.2 Å². The van der Waals surface area contributed by atoms with Crippen molar-refractivity contribution in [3.05, 3.63) is 94.8 Å². The normalized spacial score (nSPS) is 20.7. The molecule has 2 amide bonds. The maximum absolute atomic E-state index is 13.5. The zero-order valence-corrected chi connectivity index (χ0v) is 41.6. The first-order chi connectivity index (χ1) is 31.2. The molecule has 1 N–H and O–H groups in total. The van der Waals surface area contributed by atoms with E-state index in [2.05, 4.69) is 67.3 Å². The van der Waals surface area contributed by atoms with Gasteiger partial charge in [-0.25, -0.2) is 18.0 Å². The maximum Gasteiger partial charge on any atom is 0.410 e. The summed E-state index contributed by atoms with van der Waals surface area (Å²) >= 11 is 5.95. The van der Waals surface area contributed by atoms with Crippen LogP contribution >= 0.6 is 11.6 Å². The summed E-state index contributed by atoms with van der Waals surface area (Å²) in [5.41, 5.74) is 3.70. The Morgan fingerprint density at radius 2 is 1.37 bits per heavy atom. The molecule has 65 heavy (non-hydrogen) atoms. The van der Waals surface area contributed by atoms with Gasteiger partial charge in [0.2, 0.25) is 10.0 Å². The van der Waals surface area contributed by atoms with E-state index in [0.717, 1.165) is 63.8 Å². The number of rotatable bonds is 15. The molecule has 4 atom stereocenters. The zero-order valence-electron chi connectivity index (χ0n) is 40.0. The lowest BCUT2D eigenvalue weighted by molar-refractivity contribution is 0.0409. The van der Waals surface area contributed by atoms with Gasteiger partial charge in [-0.3, -0.25) is 4.98 Å². The van der Waals surface area contributed by atoms with E-state index in [4.69, 9.17) is 30.5 Å². The first-order valence-corrected chi connectivity index (χ1v) is 25.0. The van der Waals surface area contributed by atoms with Gasteiger partial charge in [-0.05, 0) is 126 Å². The largest absolute Gasteiger partial charge is 0.448 e. The van der Waals surface area contributed by atoms with Crippen molar-refractivity contribution >= 4 is 33.8 Å². The zero-order chi connectivity index (χ0) is 47.4. The average molecular weight is 944 g/mol. The minimum Gasteiger partial charge on any atom is -0.448 e. The smallest absolute Gasteiger partial charge is 0.410 e. The topological polar surface area (TPSA) is 143 Å². The molecule has 4 heterocycles. The lowest BCUT2D eigenvalue weighted by Crippen LogP contribution is -2.53. The summed E-state index contributed by atoms with van der Waals surface area (Å²) in [7, 11) is 3.42. The fraction of sp³-hybridized carbons (Fsp3) is 0.612. The van der Waals surface area contributed by atoms with Gasteiger partial charge in [0, 0.05) is 75.9 Å². The standard InChI is InChI=1S/C23H30ClN3O5S.C16H31N3O3.C10H14/c1-3-26(15-18-11-13-25-14-12-18)23(28)32-17-21-6-4-5-20(16-31-2)27(21)33(29,30)22-9-7-19(24)8-10-22;1-18-9-7-15(8-10-18)19(2)16(20)22-12-14-6-4-5-13(17-14)11-21-3;1-8(2)10-6-4-9(3)5-7-10/h7-14,20-21H,3-6,15-17H2,1-2H3;13-15,17H,4-12H2,1-3H3;4-8H,1-3H3. The first-order valence-electron chi connectivity index (χ1n) is 23.1. The van der Waals surface area contributed by atoms with Crippen molar-refractivity contribution in [3.63, 3.8) is 0 Å². The number of methoxy groups -OCH3 is 2. The Morgan fingerprint density at radius 1 is 0.800 bits per heavy atom. The Bertz CT molecular complexity index is 1930.